The first-order valence-electron chi connectivity index (χ1n) is 7.81. The molecule has 1 saturated carbocycles. The van der Waals surface area contributed by atoms with Gasteiger partial charge in [0.05, 0.1) is 0 Å². The minimum atomic E-state index is 0.241. The van der Waals surface area contributed by atoms with Crippen LogP contribution >= 0.6 is 23.2 Å². The molecule has 23 heavy (non-hydrogen) atoms. The highest BCUT2D eigenvalue weighted by molar-refractivity contribution is 6.55. The van der Waals surface area contributed by atoms with Crippen molar-refractivity contribution >= 4 is 23.2 Å². The molecule has 120 valence electrons. The highest BCUT2D eigenvalue weighted by Gasteiger charge is 2.55. The van der Waals surface area contributed by atoms with Crippen LogP contribution in [0.5, 0.6) is 11.5 Å². The van der Waals surface area contributed by atoms with Crippen molar-refractivity contribution in [3.05, 3.63) is 70.7 Å². The molecular formula is C20H20Cl2O. The third-order valence-corrected chi connectivity index (χ3v) is 5.03. The van der Waals surface area contributed by atoms with Crippen LogP contribution in [-0.2, 0) is 6.42 Å². The summed E-state index contributed by atoms with van der Waals surface area (Å²) >= 11 is 11.7. The molecule has 3 heteroatoms. The Morgan fingerprint density at radius 2 is 1.74 bits per heavy atom. The minimum absolute atomic E-state index is 0.241. The molecule has 0 saturated heterocycles. The van der Waals surface area contributed by atoms with Crippen LogP contribution in [-0.4, -0.2) is 0 Å². The molecule has 0 spiro atoms. The molecule has 2 aromatic carbocycles. The summed E-state index contributed by atoms with van der Waals surface area (Å²) in [7, 11) is 0. The Kier molecular flexibility index (Phi) is 4.70. The van der Waals surface area contributed by atoms with E-state index < -0.39 is 0 Å². The number of ether oxygens (including phenoxy) is 1. The third kappa shape index (κ3) is 3.91. The Morgan fingerprint density at radius 3 is 2.43 bits per heavy atom. The monoisotopic (exact) mass is 346 g/mol. The molecule has 3 rings (SSSR count). The van der Waals surface area contributed by atoms with Gasteiger partial charge in [0, 0.05) is 0 Å². The van der Waals surface area contributed by atoms with Gasteiger partial charge in [0.25, 0.3) is 0 Å². The summed E-state index contributed by atoms with van der Waals surface area (Å²) in [5, 5.41) is 0. The molecule has 1 aliphatic rings. The predicted octanol–water partition coefficient (Wildman–Crippen LogP) is 6.61. The summed E-state index contributed by atoms with van der Waals surface area (Å²) in [6.45, 7) is 4.53. The largest absolute Gasteiger partial charge is 0.457 e. The summed E-state index contributed by atoms with van der Waals surface area (Å²) in [6.07, 6.45) is 2.97. The van der Waals surface area contributed by atoms with Crippen molar-refractivity contribution in [1.29, 1.82) is 0 Å². The van der Waals surface area contributed by atoms with E-state index in [1.165, 1.54) is 5.56 Å². The lowest BCUT2D eigenvalue weighted by Crippen LogP contribution is -1.95. The fraction of sp³-hybridized carbons (Fsp3) is 0.300. The van der Waals surface area contributed by atoms with Gasteiger partial charge in [-0.3, -0.25) is 0 Å². The van der Waals surface area contributed by atoms with E-state index in [1.807, 2.05) is 48.5 Å². The fourth-order valence-electron chi connectivity index (χ4n) is 3.26. The van der Waals surface area contributed by atoms with Crippen molar-refractivity contribution in [2.45, 2.75) is 20.3 Å². The molecule has 0 heterocycles. The molecule has 2 atom stereocenters. The molecule has 0 aromatic heterocycles. The first kappa shape index (κ1) is 16.4. The van der Waals surface area contributed by atoms with E-state index in [-0.39, 0.29) is 5.41 Å². The maximum atomic E-state index is 5.91. The minimum Gasteiger partial charge on any atom is -0.457 e. The van der Waals surface area contributed by atoms with E-state index in [0.29, 0.717) is 16.3 Å². The average molecular weight is 347 g/mol. The van der Waals surface area contributed by atoms with Gasteiger partial charge in [-0.2, -0.15) is 0 Å². The van der Waals surface area contributed by atoms with Crippen molar-refractivity contribution in [3.8, 4) is 11.5 Å². The summed E-state index contributed by atoms with van der Waals surface area (Å²) in [4.78, 5) is 0. The van der Waals surface area contributed by atoms with Crippen LogP contribution in [0.3, 0.4) is 0 Å². The van der Waals surface area contributed by atoms with E-state index in [4.69, 9.17) is 27.9 Å². The molecule has 2 aromatic rings. The fourth-order valence-corrected chi connectivity index (χ4v) is 3.53. The summed E-state index contributed by atoms with van der Waals surface area (Å²) in [5.41, 5.74) is 1.52. The van der Waals surface area contributed by atoms with Crippen LogP contribution in [0.2, 0.25) is 0 Å². The van der Waals surface area contributed by atoms with Crippen LogP contribution in [0.15, 0.2) is 65.2 Å². The lowest BCUT2D eigenvalue weighted by Gasteiger charge is -2.08. The molecule has 1 aliphatic carbocycles. The second kappa shape index (κ2) is 6.59. The second-order valence-corrected chi connectivity index (χ2v) is 7.68. The first-order chi connectivity index (χ1) is 11.0. The molecule has 0 N–H and O–H groups in total. The lowest BCUT2D eigenvalue weighted by atomic mass is 10.0. The molecular weight excluding hydrogens is 327 g/mol. The first-order valence-corrected chi connectivity index (χ1v) is 8.57. The van der Waals surface area contributed by atoms with Crippen molar-refractivity contribution in [1.82, 2.24) is 0 Å². The van der Waals surface area contributed by atoms with E-state index in [2.05, 4.69) is 26.0 Å². The number of halogens is 2. The lowest BCUT2D eigenvalue weighted by molar-refractivity contribution is 0.481. The zero-order valence-corrected chi connectivity index (χ0v) is 14.8. The normalized spacial score (nSPS) is 21.6. The van der Waals surface area contributed by atoms with Crippen LogP contribution < -0.4 is 4.74 Å². The number of rotatable bonds is 5. The molecule has 0 bridgehead atoms. The van der Waals surface area contributed by atoms with Crippen molar-refractivity contribution in [3.63, 3.8) is 0 Å². The zero-order chi connectivity index (χ0) is 16.4. The Morgan fingerprint density at radius 1 is 1.04 bits per heavy atom. The standard InChI is InChI=1S/C20H20Cl2O/c1-20(2)17(18(20)13-19(21)22)12-14-7-6-10-16(11-14)23-15-8-4-3-5-9-15/h3-11,13,17-18H,12H2,1-2H3/t17-,18-/m0/s1. The Bertz CT molecular complexity index is 703. The molecule has 0 radical (unpaired) electrons. The number of hydrogen-bond acceptors (Lipinski definition) is 1. The second-order valence-electron chi connectivity index (χ2n) is 6.68. The summed E-state index contributed by atoms with van der Waals surface area (Å²) < 4.78 is 6.28. The molecule has 0 unspecified atom stereocenters. The molecule has 0 aliphatic heterocycles. The SMILES string of the molecule is CC1(C)[C@@H](C=C(Cl)Cl)[C@@H]1Cc1cccc(Oc2ccccc2)c1. The Labute approximate surface area is 147 Å². The van der Waals surface area contributed by atoms with Gasteiger partial charge in [0.1, 0.15) is 16.0 Å². The van der Waals surface area contributed by atoms with E-state index in [1.54, 1.807) is 0 Å². The van der Waals surface area contributed by atoms with E-state index in [9.17, 15) is 0 Å². The third-order valence-electron chi connectivity index (χ3n) is 4.78. The van der Waals surface area contributed by atoms with Gasteiger partial charge in [0.2, 0.25) is 0 Å². The maximum absolute atomic E-state index is 5.91. The summed E-state index contributed by atoms with van der Waals surface area (Å²) in [6, 6.07) is 18.1. The molecule has 1 fully saturated rings. The smallest absolute Gasteiger partial charge is 0.127 e. The van der Waals surface area contributed by atoms with Crippen LogP contribution in [0, 0.1) is 17.3 Å². The maximum Gasteiger partial charge on any atom is 0.127 e. The highest BCUT2D eigenvalue weighted by atomic mass is 35.5. The Balaban J connectivity index is 1.70. The molecule has 0 amide bonds. The molecule has 1 nitrogen and oxygen atoms in total. The number of hydrogen-bond donors (Lipinski definition) is 0. The van der Waals surface area contributed by atoms with Gasteiger partial charge >= 0.3 is 0 Å². The van der Waals surface area contributed by atoms with Gasteiger partial charge in [-0.1, -0.05) is 73.5 Å². The average Bonchev–Trinajstić information content (AvgIpc) is 3.00. The van der Waals surface area contributed by atoms with Crippen LogP contribution in [0.1, 0.15) is 19.4 Å². The van der Waals surface area contributed by atoms with Gasteiger partial charge < -0.3 is 4.74 Å². The zero-order valence-electron chi connectivity index (χ0n) is 13.3. The number of benzene rings is 2. The van der Waals surface area contributed by atoms with Gasteiger partial charge in [0.15, 0.2) is 0 Å². The van der Waals surface area contributed by atoms with E-state index in [0.717, 1.165) is 17.9 Å². The van der Waals surface area contributed by atoms with E-state index >= 15 is 0 Å². The van der Waals surface area contributed by atoms with Gasteiger partial charge in [-0.25, -0.2) is 0 Å². The van der Waals surface area contributed by atoms with Gasteiger partial charge in [-0.05, 0) is 53.5 Å². The highest BCUT2D eigenvalue weighted by Crippen LogP contribution is 2.61. The van der Waals surface area contributed by atoms with Crippen LogP contribution in [0.4, 0.5) is 0 Å². The summed E-state index contributed by atoms with van der Waals surface area (Å²) in [5.74, 6) is 2.72. The number of allylic oxidation sites excluding steroid dienone is 1. The topological polar surface area (TPSA) is 9.23 Å². The number of para-hydroxylation sites is 1. The quantitative estimate of drug-likeness (QED) is 0.591. The Hall–Kier alpha value is -1.44. The van der Waals surface area contributed by atoms with Crippen LogP contribution in [0.25, 0.3) is 0 Å². The van der Waals surface area contributed by atoms with Crippen molar-refractivity contribution in [2.75, 3.05) is 0 Å². The van der Waals surface area contributed by atoms with Crippen molar-refractivity contribution in [2.24, 2.45) is 17.3 Å². The van der Waals surface area contributed by atoms with Crippen molar-refractivity contribution < 1.29 is 4.74 Å². The predicted molar refractivity (Wildman–Crippen MR) is 97.2 cm³/mol. The van der Waals surface area contributed by atoms with Gasteiger partial charge in [-0.15, -0.1) is 0 Å².